The van der Waals surface area contributed by atoms with Crippen molar-refractivity contribution in [3.8, 4) is 56.7 Å². The lowest BCUT2D eigenvalue weighted by Gasteiger charge is -2.17. The largest absolute Gasteiger partial charge is 0.416 e. The number of hydrogen-bond acceptors (Lipinski definition) is 3. The van der Waals surface area contributed by atoms with Gasteiger partial charge in [-0.05, 0) is 72.3 Å². The molecular formula is C52H32F3N5. The minimum atomic E-state index is -4.48. The maximum absolute atomic E-state index is 13.9. The van der Waals surface area contributed by atoms with Crippen molar-refractivity contribution in [3.63, 3.8) is 0 Å². The van der Waals surface area contributed by atoms with Gasteiger partial charge in [-0.15, -0.1) is 0 Å². The second-order valence-corrected chi connectivity index (χ2v) is 14.7. The van der Waals surface area contributed by atoms with Crippen molar-refractivity contribution in [2.45, 2.75) is 6.18 Å². The predicted molar refractivity (Wildman–Crippen MR) is 235 cm³/mol. The lowest BCUT2D eigenvalue weighted by atomic mass is 9.98. The first-order valence-electron chi connectivity index (χ1n) is 19.6. The van der Waals surface area contributed by atoms with E-state index in [-0.39, 0.29) is 0 Å². The van der Waals surface area contributed by atoms with E-state index >= 15 is 0 Å². The molecule has 0 aliphatic heterocycles. The third-order valence-electron chi connectivity index (χ3n) is 11.2. The predicted octanol–water partition coefficient (Wildman–Crippen LogP) is 13.8. The van der Waals surface area contributed by atoms with Crippen LogP contribution < -0.4 is 0 Å². The van der Waals surface area contributed by atoms with Crippen LogP contribution in [-0.4, -0.2) is 24.1 Å². The van der Waals surface area contributed by atoms with E-state index < -0.39 is 11.7 Å². The Morgan fingerprint density at radius 3 is 1.37 bits per heavy atom. The standard InChI is InChI=1S/C52H32F3N5/c53-52(54,55)37-27-24-33(25-28-37)41-32-36(51-57-49(34-14-4-1-5-15-34)56-50(58-51)35-16-6-2-7-17-35)26-29-44(41)60-43-23-13-11-21-40(43)48-46(60)31-30-45-47(48)39-20-10-12-22-42(39)59(45)38-18-8-3-9-19-38/h1-32H. The molecule has 0 saturated heterocycles. The Balaban J connectivity index is 1.19. The van der Waals surface area contributed by atoms with Crippen molar-refractivity contribution in [2.75, 3.05) is 0 Å². The molecule has 0 aliphatic carbocycles. The Hall–Kier alpha value is -7.84. The van der Waals surface area contributed by atoms with E-state index in [4.69, 9.17) is 15.0 Å². The van der Waals surface area contributed by atoms with E-state index in [0.29, 0.717) is 28.6 Å². The van der Waals surface area contributed by atoms with Crippen LogP contribution in [0.4, 0.5) is 13.2 Å². The smallest absolute Gasteiger partial charge is 0.309 e. The van der Waals surface area contributed by atoms with E-state index in [1.54, 1.807) is 12.1 Å². The first kappa shape index (κ1) is 35.3. The number of alkyl halides is 3. The number of benzene rings is 8. The van der Waals surface area contributed by atoms with Gasteiger partial charge in [-0.3, -0.25) is 0 Å². The number of nitrogens with zero attached hydrogens (tertiary/aromatic N) is 5. The molecule has 11 rings (SSSR count). The van der Waals surface area contributed by atoms with Crippen LogP contribution in [0.1, 0.15) is 5.56 Å². The number of halogens is 3. The highest BCUT2D eigenvalue weighted by molar-refractivity contribution is 6.29. The molecule has 0 aliphatic rings. The van der Waals surface area contributed by atoms with Crippen LogP contribution in [0.5, 0.6) is 0 Å². The third kappa shape index (κ3) is 5.83. The molecule has 0 atom stereocenters. The molecule has 0 unspecified atom stereocenters. The summed E-state index contributed by atoms with van der Waals surface area (Å²) >= 11 is 0. The molecule has 3 heterocycles. The maximum atomic E-state index is 13.9. The fourth-order valence-corrected chi connectivity index (χ4v) is 8.51. The van der Waals surface area contributed by atoms with Gasteiger partial charge >= 0.3 is 6.18 Å². The Morgan fingerprint density at radius 1 is 0.367 bits per heavy atom. The minimum absolute atomic E-state index is 0.445. The van der Waals surface area contributed by atoms with Crippen LogP contribution in [0, 0.1) is 0 Å². The van der Waals surface area contributed by atoms with Crippen LogP contribution in [-0.2, 0) is 6.18 Å². The zero-order chi connectivity index (χ0) is 40.4. The molecule has 0 amide bonds. The Kier molecular flexibility index (Phi) is 8.20. The molecule has 286 valence electrons. The summed E-state index contributed by atoms with van der Waals surface area (Å²) in [6.07, 6.45) is -4.48. The molecule has 0 N–H and O–H groups in total. The summed E-state index contributed by atoms with van der Waals surface area (Å²) < 4.78 is 46.3. The van der Waals surface area contributed by atoms with Crippen LogP contribution >= 0.6 is 0 Å². The highest BCUT2D eigenvalue weighted by Gasteiger charge is 2.30. The number of para-hydroxylation sites is 3. The van der Waals surface area contributed by atoms with Gasteiger partial charge in [-0.1, -0.05) is 127 Å². The van der Waals surface area contributed by atoms with Gasteiger partial charge in [-0.25, -0.2) is 15.0 Å². The molecule has 3 aromatic heterocycles. The quantitative estimate of drug-likeness (QED) is 0.169. The maximum Gasteiger partial charge on any atom is 0.416 e. The van der Waals surface area contributed by atoms with Gasteiger partial charge in [-0.2, -0.15) is 13.2 Å². The normalized spacial score (nSPS) is 11.9. The highest BCUT2D eigenvalue weighted by atomic mass is 19.4. The topological polar surface area (TPSA) is 48.5 Å². The highest BCUT2D eigenvalue weighted by Crippen LogP contribution is 2.44. The molecule has 0 spiro atoms. The number of rotatable bonds is 6. The zero-order valence-corrected chi connectivity index (χ0v) is 31.8. The fraction of sp³-hybridized carbons (Fsp3) is 0.0192. The zero-order valence-electron chi connectivity index (χ0n) is 31.8. The summed E-state index contributed by atoms with van der Waals surface area (Å²) in [7, 11) is 0. The third-order valence-corrected chi connectivity index (χ3v) is 11.2. The molecule has 60 heavy (non-hydrogen) atoms. The minimum Gasteiger partial charge on any atom is -0.309 e. The van der Waals surface area contributed by atoms with Crippen molar-refractivity contribution >= 4 is 43.6 Å². The van der Waals surface area contributed by atoms with Crippen molar-refractivity contribution in [1.82, 2.24) is 24.1 Å². The monoisotopic (exact) mass is 783 g/mol. The van der Waals surface area contributed by atoms with E-state index in [9.17, 15) is 13.2 Å². The second kappa shape index (κ2) is 13.9. The Labute approximate surface area is 342 Å². The van der Waals surface area contributed by atoms with Crippen LogP contribution in [0.3, 0.4) is 0 Å². The van der Waals surface area contributed by atoms with Crippen LogP contribution in [0.15, 0.2) is 194 Å². The molecule has 5 nitrogen and oxygen atoms in total. The lowest BCUT2D eigenvalue weighted by Crippen LogP contribution is -2.04. The molecule has 0 bridgehead atoms. The molecule has 0 saturated carbocycles. The SMILES string of the molecule is FC(F)(F)c1ccc(-c2cc(-c3nc(-c4ccccc4)nc(-c4ccccc4)n3)ccc2-n2c3ccccc3c3c4c5ccccc5n(-c5ccccc5)c4ccc32)cc1. The van der Waals surface area contributed by atoms with Crippen molar-refractivity contribution in [1.29, 1.82) is 0 Å². The number of fused-ring (bicyclic) bond motifs is 7. The van der Waals surface area contributed by atoms with Crippen molar-refractivity contribution < 1.29 is 13.2 Å². The molecule has 0 radical (unpaired) electrons. The van der Waals surface area contributed by atoms with Gasteiger partial charge in [0.25, 0.3) is 0 Å². The van der Waals surface area contributed by atoms with Crippen molar-refractivity contribution in [3.05, 3.63) is 200 Å². The summed E-state index contributed by atoms with van der Waals surface area (Å²) in [5.41, 5.74) is 8.98. The molecular weight excluding hydrogens is 752 g/mol. The number of hydrogen-bond donors (Lipinski definition) is 0. The molecule has 8 heteroatoms. The van der Waals surface area contributed by atoms with Gasteiger partial charge in [0.05, 0.1) is 33.3 Å². The number of aromatic nitrogens is 5. The van der Waals surface area contributed by atoms with Gasteiger partial charge in [0.15, 0.2) is 17.5 Å². The van der Waals surface area contributed by atoms with E-state index in [1.165, 1.54) is 0 Å². The molecule has 11 aromatic rings. The first-order chi connectivity index (χ1) is 29.4. The summed E-state index contributed by atoms with van der Waals surface area (Å²) in [4.78, 5) is 14.8. The van der Waals surface area contributed by atoms with E-state index in [1.807, 2.05) is 91.0 Å². The van der Waals surface area contributed by atoms with E-state index in [0.717, 1.165) is 83.8 Å². The first-order valence-corrected chi connectivity index (χ1v) is 19.6. The molecule has 8 aromatic carbocycles. The average molecular weight is 784 g/mol. The Morgan fingerprint density at radius 2 is 0.817 bits per heavy atom. The summed E-state index contributed by atoms with van der Waals surface area (Å²) in [6, 6.07) is 62.4. The fourth-order valence-electron chi connectivity index (χ4n) is 8.51. The van der Waals surface area contributed by atoms with Crippen LogP contribution in [0.25, 0.3) is 100 Å². The summed E-state index contributed by atoms with van der Waals surface area (Å²) in [5, 5.41) is 4.41. The lowest BCUT2D eigenvalue weighted by molar-refractivity contribution is -0.137. The second-order valence-electron chi connectivity index (χ2n) is 14.7. The van der Waals surface area contributed by atoms with Crippen molar-refractivity contribution in [2.24, 2.45) is 0 Å². The average Bonchev–Trinajstić information content (AvgIpc) is 3.82. The Bertz CT molecular complexity index is 3330. The van der Waals surface area contributed by atoms with Gasteiger partial charge in [0, 0.05) is 49.5 Å². The van der Waals surface area contributed by atoms with E-state index in [2.05, 4.69) is 88.0 Å². The van der Waals surface area contributed by atoms with Crippen LogP contribution in [0.2, 0.25) is 0 Å². The summed E-state index contributed by atoms with van der Waals surface area (Å²) in [6.45, 7) is 0. The van der Waals surface area contributed by atoms with Gasteiger partial charge in [0.1, 0.15) is 0 Å². The van der Waals surface area contributed by atoms with Gasteiger partial charge in [0.2, 0.25) is 0 Å². The van der Waals surface area contributed by atoms with Gasteiger partial charge < -0.3 is 9.13 Å². The summed E-state index contributed by atoms with van der Waals surface area (Å²) in [5.74, 6) is 1.47. The molecule has 0 fully saturated rings.